The van der Waals surface area contributed by atoms with Crippen molar-refractivity contribution in [1.82, 2.24) is 5.32 Å². The maximum Gasteiger partial charge on any atom is 0.111 e. The number of hydrogen-bond acceptors (Lipinski definition) is 3. The van der Waals surface area contributed by atoms with Crippen LogP contribution < -0.4 is 5.32 Å². The quantitative estimate of drug-likeness (QED) is 0.733. The zero-order valence-electron chi connectivity index (χ0n) is 7.51. The molecule has 2 aliphatic rings. The monoisotopic (exact) mass is 224 g/mol. The predicted molar refractivity (Wildman–Crippen MR) is 56.8 cm³/mol. The van der Waals surface area contributed by atoms with Gasteiger partial charge in [0.2, 0.25) is 0 Å². The first kappa shape index (κ1) is 8.72. The number of nitrogens with zero attached hydrogens (tertiary/aromatic N) is 1. The molecule has 1 aromatic rings. The molecule has 1 fully saturated rings. The van der Waals surface area contributed by atoms with Crippen LogP contribution >= 0.6 is 22.9 Å². The van der Waals surface area contributed by atoms with Crippen LogP contribution in [-0.4, -0.2) is 13.1 Å². The Morgan fingerprint density at radius 2 is 2.36 bits per heavy atom. The summed E-state index contributed by atoms with van der Waals surface area (Å²) in [6, 6.07) is 2.22. The van der Waals surface area contributed by atoms with E-state index in [2.05, 4.69) is 11.4 Å². The maximum atomic E-state index is 8.99. The van der Waals surface area contributed by atoms with E-state index in [1.54, 1.807) is 11.3 Å². The van der Waals surface area contributed by atoms with E-state index in [0.29, 0.717) is 16.2 Å². The fourth-order valence-electron chi connectivity index (χ4n) is 2.58. The zero-order valence-corrected chi connectivity index (χ0v) is 9.08. The second-order valence-electron chi connectivity index (χ2n) is 3.93. The molecule has 1 aliphatic heterocycles. The Balaban J connectivity index is 2.13. The third-order valence-corrected chi connectivity index (χ3v) is 4.82. The smallest absolute Gasteiger partial charge is 0.111 e. The molecule has 0 bridgehead atoms. The van der Waals surface area contributed by atoms with Gasteiger partial charge in [-0.05, 0) is 24.4 Å². The highest BCUT2D eigenvalue weighted by Crippen LogP contribution is 2.48. The van der Waals surface area contributed by atoms with Crippen LogP contribution in [0.25, 0.3) is 0 Å². The lowest BCUT2D eigenvalue weighted by Gasteiger charge is -2.05. The summed E-state index contributed by atoms with van der Waals surface area (Å²) in [7, 11) is 0. The summed E-state index contributed by atoms with van der Waals surface area (Å²) in [6.07, 6.45) is 1.04. The summed E-state index contributed by atoms with van der Waals surface area (Å²) < 4.78 is 0.683. The van der Waals surface area contributed by atoms with Gasteiger partial charge in [0.1, 0.15) is 10.4 Å². The van der Waals surface area contributed by atoms with Crippen molar-refractivity contribution in [2.24, 2.45) is 5.92 Å². The lowest BCUT2D eigenvalue weighted by molar-refractivity contribution is 0.566. The van der Waals surface area contributed by atoms with Gasteiger partial charge in [0, 0.05) is 17.3 Å². The molecule has 14 heavy (non-hydrogen) atoms. The van der Waals surface area contributed by atoms with Crippen molar-refractivity contribution in [1.29, 1.82) is 5.26 Å². The molecule has 2 heterocycles. The molecule has 72 valence electrons. The third-order valence-electron chi connectivity index (χ3n) is 3.25. The van der Waals surface area contributed by atoms with Gasteiger partial charge in [0.25, 0.3) is 0 Å². The van der Waals surface area contributed by atoms with Crippen LogP contribution in [0, 0.1) is 17.2 Å². The van der Waals surface area contributed by atoms with E-state index in [0.717, 1.165) is 25.1 Å². The first-order valence-corrected chi connectivity index (χ1v) is 5.92. The summed E-state index contributed by atoms with van der Waals surface area (Å²) in [5, 5.41) is 12.4. The lowest BCUT2D eigenvalue weighted by Crippen LogP contribution is -2.10. The lowest BCUT2D eigenvalue weighted by atomic mass is 10.0. The van der Waals surface area contributed by atoms with Gasteiger partial charge < -0.3 is 5.32 Å². The topological polar surface area (TPSA) is 35.8 Å². The van der Waals surface area contributed by atoms with Gasteiger partial charge in [-0.25, -0.2) is 0 Å². The van der Waals surface area contributed by atoms with Gasteiger partial charge >= 0.3 is 0 Å². The minimum Gasteiger partial charge on any atom is -0.316 e. The number of nitrogens with one attached hydrogen (secondary N) is 1. The normalized spacial score (nSPS) is 28.6. The molecule has 2 nitrogen and oxygen atoms in total. The Kier molecular flexibility index (Phi) is 1.85. The van der Waals surface area contributed by atoms with Crippen molar-refractivity contribution < 1.29 is 0 Å². The zero-order chi connectivity index (χ0) is 9.71. The summed E-state index contributed by atoms with van der Waals surface area (Å²) in [6.45, 7) is 2.15. The molecular weight excluding hydrogens is 216 g/mol. The first-order valence-electron chi connectivity index (χ1n) is 4.73. The van der Waals surface area contributed by atoms with E-state index in [4.69, 9.17) is 16.9 Å². The van der Waals surface area contributed by atoms with Gasteiger partial charge in [-0.15, -0.1) is 11.3 Å². The summed E-state index contributed by atoms with van der Waals surface area (Å²) in [5.41, 5.74) is 1.97. The first-order chi connectivity index (χ1) is 6.81. The van der Waals surface area contributed by atoms with E-state index in [1.807, 2.05) is 0 Å². The van der Waals surface area contributed by atoms with Gasteiger partial charge in [-0.2, -0.15) is 5.26 Å². The van der Waals surface area contributed by atoms with Crippen LogP contribution in [0.1, 0.15) is 21.9 Å². The summed E-state index contributed by atoms with van der Waals surface area (Å²) in [4.78, 5) is 1.36. The molecule has 0 radical (unpaired) electrons. The molecule has 1 aliphatic carbocycles. The van der Waals surface area contributed by atoms with Crippen LogP contribution in [0.15, 0.2) is 0 Å². The van der Waals surface area contributed by atoms with Crippen LogP contribution in [0.5, 0.6) is 0 Å². The average Bonchev–Trinajstić information content (AvgIpc) is 2.76. The molecule has 2 unspecified atom stereocenters. The molecule has 0 amide bonds. The Morgan fingerprint density at radius 3 is 3.14 bits per heavy atom. The maximum absolute atomic E-state index is 8.99. The number of hydrogen-bond donors (Lipinski definition) is 1. The van der Waals surface area contributed by atoms with Crippen LogP contribution in [0.4, 0.5) is 0 Å². The van der Waals surface area contributed by atoms with Gasteiger partial charge in [0.15, 0.2) is 0 Å². The minimum atomic E-state index is 0.620. The van der Waals surface area contributed by atoms with Crippen LogP contribution in [0.3, 0.4) is 0 Å². The SMILES string of the molecule is N#Cc1c(Cl)sc2c1CC1CNCC21. The predicted octanol–water partition coefficient (Wildman–Crippen LogP) is 2.13. The Labute approximate surface area is 91.5 Å². The second kappa shape index (κ2) is 2.96. The Morgan fingerprint density at radius 1 is 1.50 bits per heavy atom. The van der Waals surface area contributed by atoms with Crippen molar-refractivity contribution in [2.75, 3.05) is 13.1 Å². The van der Waals surface area contributed by atoms with Crippen molar-refractivity contribution in [3.63, 3.8) is 0 Å². The van der Waals surface area contributed by atoms with Crippen molar-refractivity contribution in [2.45, 2.75) is 12.3 Å². The second-order valence-corrected chi connectivity index (χ2v) is 5.59. The number of halogens is 1. The fourth-order valence-corrected chi connectivity index (χ4v) is 4.19. The van der Waals surface area contributed by atoms with Gasteiger partial charge in [-0.1, -0.05) is 11.6 Å². The fraction of sp³-hybridized carbons (Fsp3) is 0.500. The minimum absolute atomic E-state index is 0.620. The molecule has 2 atom stereocenters. The van der Waals surface area contributed by atoms with E-state index < -0.39 is 0 Å². The number of rotatable bonds is 0. The third kappa shape index (κ3) is 0.993. The highest BCUT2D eigenvalue weighted by molar-refractivity contribution is 7.16. The molecule has 0 spiro atoms. The molecular formula is C10H9ClN2S. The molecule has 1 saturated heterocycles. The molecule has 4 heteroatoms. The van der Waals surface area contributed by atoms with E-state index >= 15 is 0 Å². The summed E-state index contributed by atoms with van der Waals surface area (Å²) >= 11 is 7.64. The number of nitriles is 1. The molecule has 1 aromatic heterocycles. The molecule has 3 rings (SSSR count). The number of fused-ring (bicyclic) bond motifs is 3. The summed E-state index contributed by atoms with van der Waals surface area (Å²) in [5.74, 6) is 1.33. The van der Waals surface area contributed by atoms with Crippen LogP contribution in [-0.2, 0) is 6.42 Å². The largest absolute Gasteiger partial charge is 0.316 e. The van der Waals surface area contributed by atoms with Gasteiger partial charge in [0.05, 0.1) is 5.56 Å². The van der Waals surface area contributed by atoms with E-state index in [9.17, 15) is 0 Å². The molecule has 0 saturated carbocycles. The van der Waals surface area contributed by atoms with E-state index in [1.165, 1.54) is 10.4 Å². The van der Waals surface area contributed by atoms with Crippen molar-refractivity contribution >= 4 is 22.9 Å². The Bertz CT molecular complexity index is 432. The average molecular weight is 225 g/mol. The highest BCUT2D eigenvalue weighted by atomic mass is 35.5. The standard InChI is InChI=1S/C10H9ClN2S/c11-10-7(2-12)6-1-5-3-13-4-8(5)9(6)14-10/h5,8,13H,1,3-4H2. The van der Waals surface area contributed by atoms with Crippen molar-refractivity contribution in [3.05, 3.63) is 20.3 Å². The molecule has 0 aromatic carbocycles. The van der Waals surface area contributed by atoms with Gasteiger partial charge in [-0.3, -0.25) is 0 Å². The number of thiophene rings is 1. The highest BCUT2D eigenvalue weighted by Gasteiger charge is 2.39. The molecule has 1 N–H and O–H groups in total. The Hall–Kier alpha value is -0.560. The van der Waals surface area contributed by atoms with Crippen LogP contribution in [0.2, 0.25) is 4.34 Å². The van der Waals surface area contributed by atoms with E-state index in [-0.39, 0.29) is 0 Å². The van der Waals surface area contributed by atoms with Crippen molar-refractivity contribution in [3.8, 4) is 6.07 Å².